The lowest BCUT2D eigenvalue weighted by Gasteiger charge is -2.12. The van der Waals surface area contributed by atoms with E-state index in [1.54, 1.807) is 6.20 Å². The van der Waals surface area contributed by atoms with Crippen LogP contribution in [0.1, 0.15) is 11.3 Å². The summed E-state index contributed by atoms with van der Waals surface area (Å²) in [6, 6.07) is 9.71. The van der Waals surface area contributed by atoms with E-state index in [4.69, 9.17) is 10.5 Å². The van der Waals surface area contributed by atoms with Gasteiger partial charge in [-0.05, 0) is 36.8 Å². The van der Waals surface area contributed by atoms with Gasteiger partial charge in [0.2, 0.25) is 0 Å². The molecule has 3 nitrogen and oxygen atoms in total. The van der Waals surface area contributed by atoms with Gasteiger partial charge < -0.3 is 10.5 Å². The van der Waals surface area contributed by atoms with Gasteiger partial charge in [0.1, 0.15) is 5.75 Å². The first-order valence-corrected chi connectivity index (χ1v) is 6.54. The Balaban J connectivity index is 1.99. The summed E-state index contributed by atoms with van der Waals surface area (Å²) in [7, 11) is 0. The lowest BCUT2D eigenvalue weighted by atomic mass is 10.2. The fourth-order valence-corrected chi connectivity index (χ4v) is 2.35. The molecule has 0 saturated carbocycles. The lowest BCUT2D eigenvalue weighted by molar-refractivity contribution is 0.320. The van der Waals surface area contributed by atoms with E-state index in [-0.39, 0.29) is 0 Å². The molecule has 0 radical (unpaired) electrons. The maximum atomic E-state index is 5.93. The third kappa shape index (κ3) is 3.23. The van der Waals surface area contributed by atoms with Crippen LogP contribution in [-0.4, -0.2) is 11.6 Å². The van der Waals surface area contributed by atoms with Crippen molar-refractivity contribution in [3.8, 4) is 5.75 Å². The predicted octanol–water partition coefficient (Wildman–Crippen LogP) is 3.36. The lowest BCUT2D eigenvalue weighted by Crippen LogP contribution is -2.05. The predicted molar refractivity (Wildman–Crippen MR) is 76.7 cm³/mol. The highest BCUT2D eigenvalue weighted by atomic mass is 79.9. The summed E-state index contributed by atoms with van der Waals surface area (Å²) >= 11 is 3.41. The molecule has 1 aromatic carbocycles. The Morgan fingerprint density at radius 2 is 2.17 bits per heavy atom. The monoisotopic (exact) mass is 306 g/mol. The first kappa shape index (κ1) is 12.9. The summed E-state index contributed by atoms with van der Waals surface area (Å²) in [6.45, 7) is 2.56. The van der Waals surface area contributed by atoms with Crippen molar-refractivity contribution in [2.24, 2.45) is 0 Å². The number of aromatic nitrogens is 1. The van der Waals surface area contributed by atoms with Crippen LogP contribution in [0.3, 0.4) is 0 Å². The van der Waals surface area contributed by atoms with E-state index in [0.717, 1.165) is 27.9 Å². The Bertz CT molecular complexity index is 506. The number of nitrogens with zero attached hydrogens (tertiary/aromatic N) is 1. The average molecular weight is 307 g/mol. The zero-order valence-corrected chi connectivity index (χ0v) is 11.8. The number of aryl methyl sites for hydroxylation is 1. The van der Waals surface area contributed by atoms with E-state index in [0.29, 0.717) is 12.3 Å². The molecule has 94 valence electrons. The summed E-state index contributed by atoms with van der Waals surface area (Å²) < 4.78 is 6.71. The summed E-state index contributed by atoms with van der Waals surface area (Å²) in [4.78, 5) is 4.25. The zero-order valence-electron chi connectivity index (χ0n) is 10.2. The molecular weight excluding hydrogens is 292 g/mol. The SMILES string of the molecule is Cc1cc(Br)cc(N)c1OCCc1ccccn1. The van der Waals surface area contributed by atoms with E-state index in [1.165, 1.54) is 0 Å². The molecule has 1 aromatic heterocycles. The summed E-state index contributed by atoms with van der Waals surface area (Å²) in [5.74, 6) is 0.758. The summed E-state index contributed by atoms with van der Waals surface area (Å²) in [5.41, 5.74) is 8.64. The van der Waals surface area contributed by atoms with Gasteiger partial charge in [0.05, 0.1) is 12.3 Å². The quantitative estimate of drug-likeness (QED) is 0.881. The largest absolute Gasteiger partial charge is 0.491 e. The Hall–Kier alpha value is -1.55. The topological polar surface area (TPSA) is 48.1 Å². The average Bonchev–Trinajstić information content (AvgIpc) is 2.34. The molecule has 0 unspecified atom stereocenters. The van der Waals surface area contributed by atoms with Crippen LogP contribution in [0.5, 0.6) is 5.75 Å². The van der Waals surface area contributed by atoms with Crippen LogP contribution in [0.15, 0.2) is 41.0 Å². The van der Waals surface area contributed by atoms with Crippen molar-refractivity contribution < 1.29 is 4.74 Å². The molecule has 0 atom stereocenters. The molecule has 0 saturated heterocycles. The molecule has 2 N–H and O–H groups in total. The van der Waals surface area contributed by atoms with Gasteiger partial charge in [-0.1, -0.05) is 22.0 Å². The smallest absolute Gasteiger partial charge is 0.145 e. The molecule has 0 bridgehead atoms. The highest BCUT2D eigenvalue weighted by Gasteiger charge is 2.06. The Labute approximate surface area is 115 Å². The zero-order chi connectivity index (χ0) is 13.0. The number of anilines is 1. The molecule has 1 heterocycles. The van der Waals surface area contributed by atoms with Crippen molar-refractivity contribution in [1.82, 2.24) is 4.98 Å². The van der Waals surface area contributed by atoms with Crippen molar-refractivity contribution in [2.75, 3.05) is 12.3 Å². The molecule has 0 fully saturated rings. The first-order valence-electron chi connectivity index (χ1n) is 5.75. The molecule has 2 aromatic rings. The number of nitrogens with two attached hydrogens (primary N) is 1. The third-order valence-electron chi connectivity index (χ3n) is 2.60. The van der Waals surface area contributed by atoms with E-state index in [2.05, 4.69) is 20.9 Å². The molecule has 0 aliphatic carbocycles. The van der Waals surface area contributed by atoms with Gasteiger partial charge in [0.25, 0.3) is 0 Å². The molecule has 0 aliphatic heterocycles. The van der Waals surface area contributed by atoms with Gasteiger partial charge in [0, 0.05) is 22.8 Å². The van der Waals surface area contributed by atoms with Crippen molar-refractivity contribution in [1.29, 1.82) is 0 Å². The fraction of sp³-hybridized carbons (Fsp3) is 0.214. The van der Waals surface area contributed by atoms with Crippen LogP contribution in [0.25, 0.3) is 0 Å². The molecule has 2 rings (SSSR count). The number of ether oxygens (including phenoxy) is 1. The van der Waals surface area contributed by atoms with Crippen molar-refractivity contribution in [3.63, 3.8) is 0 Å². The fourth-order valence-electron chi connectivity index (χ4n) is 1.76. The molecule has 0 spiro atoms. The van der Waals surface area contributed by atoms with Gasteiger partial charge in [-0.25, -0.2) is 0 Å². The number of benzene rings is 1. The number of hydrogen-bond donors (Lipinski definition) is 1. The van der Waals surface area contributed by atoms with Crippen molar-refractivity contribution in [2.45, 2.75) is 13.3 Å². The standard InChI is InChI=1S/C14H15BrN2O/c1-10-8-11(15)9-13(16)14(10)18-7-5-12-4-2-3-6-17-12/h2-4,6,8-9H,5,7,16H2,1H3. The maximum Gasteiger partial charge on any atom is 0.145 e. The minimum atomic E-state index is 0.573. The van der Waals surface area contributed by atoms with Gasteiger partial charge in [-0.2, -0.15) is 0 Å². The number of halogens is 1. The number of hydrogen-bond acceptors (Lipinski definition) is 3. The Morgan fingerprint density at radius 1 is 1.33 bits per heavy atom. The summed E-state index contributed by atoms with van der Waals surface area (Å²) in [5, 5.41) is 0. The van der Waals surface area contributed by atoms with Crippen LogP contribution >= 0.6 is 15.9 Å². The molecule has 4 heteroatoms. The van der Waals surface area contributed by atoms with E-state index in [1.807, 2.05) is 37.3 Å². The second kappa shape index (κ2) is 5.87. The normalized spacial score (nSPS) is 10.3. The van der Waals surface area contributed by atoms with Crippen molar-refractivity contribution >= 4 is 21.6 Å². The Morgan fingerprint density at radius 3 is 2.83 bits per heavy atom. The second-order valence-electron chi connectivity index (χ2n) is 4.06. The van der Waals surface area contributed by atoms with Crippen LogP contribution in [0.4, 0.5) is 5.69 Å². The highest BCUT2D eigenvalue weighted by Crippen LogP contribution is 2.30. The molecular formula is C14H15BrN2O. The molecule has 18 heavy (non-hydrogen) atoms. The number of rotatable bonds is 4. The van der Waals surface area contributed by atoms with E-state index >= 15 is 0 Å². The number of pyridine rings is 1. The van der Waals surface area contributed by atoms with Crippen LogP contribution in [0, 0.1) is 6.92 Å². The van der Waals surface area contributed by atoms with Gasteiger partial charge >= 0.3 is 0 Å². The molecule has 0 aliphatic rings. The van der Waals surface area contributed by atoms with E-state index in [9.17, 15) is 0 Å². The van der Waals surface area contributed by atoms with Crippen molar-refractivity contribution in [3.05, 3.63) is 52.3 Å². The first-order chi connectivity index (χ1) is 8.66. The van der Waals surface area contributed by atoms with Gasteiger partial charge in [-0.3, -0.25) is 4.98 Å². The third-order valence-corrected chi connectivity index (χ3v) is 3.06. The van der Waals surface area contributed by atoms with Crippen LogP contribution in [-0.2, 0) is 6.42 Å². The Kier molecular flexibility index (Phi) is 4.20. The van der Waals surface area contributed by atoms with Gasteiger partial charge in [-0.15, -0.1) is 0 Å². The minimum absolute atomic E-state index is 0.573. The van der Waals surface area contributed by atoms with Gasteiger partial charge in [0.15, 0.2) is 0 Å². The second-order valence-corrected chi connectivity index (χ2v) is 4.98. The minimum Gasteiger partial charge on any atom is -0.491 e. The highest BCUT2D eigenvalue weighted by molar-refractivity contribution is 9.10. The van der Waals surface area contributed by atoms with Crippen LogP contribution in [0.2, 0.25) is 0 Å². The molecule has 0 amide bonds. The number of nitrogen functional groups attached to an aromatic ring is 1. The maximum absolute atomic E-state index is 5.93. The van der Waals surface area contributed by atoms with E-state index < -0.39 is 0 Å². The van der Waals surface area contributed by atoms with Crippen LogP contribution < -0.4 is 10.5 Å². The summed E-state index contributed by atoms with van der Waals surface area (Å²) in [6.07, 6.45) is 2.56.